The summed E-state index contributed by atoms with van der Waals surface area (Å²) >= 11 is 1.82. The molecule has 1 heterocycles. The van der Waals surface area contributed by atoms with Crippen LogP contribution in [0, 0.1) is 17.7 Å². The number of carbonyl (C=O) groups excluding carboxylic acids is 1. The van der Waals surface area contributed by atoms with Crippen molar-refractivity contribution in [1.29, 1.82) is 0 Å². The lowest BCUT2D eigenvalue weighted by molar-refractivity contribution is 0.0693. The zero-order valence-corrected chi connectivity index (χ0v) is 12.9. The number of hydrogen-bond donors (Lipinski definition) is 1. The maximum atomic E-state index is 14.0. The predicted octanol–water partition coefficient (Wildman–Crippen LogP) is 2.14. The summed E-state index contributed by atoms with van der Waals surface area (Å²) in [6.45, 7) is 4.43. The van der Waals surface area contributed by atoms with Gasteiger partial charge in [-0.2, -0.15) is 11.8 Å². The monoisotopic (exact) mass is 307 g/mol. The Labute approximate surface area is 128 Å². The van der Waals surface area contributed by atoms with E-state index in [2.05, 4.69) is 18.8 Å². The third-order valence-electron chi connectivity index (χ3n) is 3.65. The van der Waals surface area contributed by atoms with Crippen molar-refractivity contribution < 1.29 is 14.3 Å². The average Bonchev–Trinajstić information content (AvgIpc) is 2.48. The van der Waals surface area contributed by atoms with E-state index in [4.69, 9.17) is 5.11 Å². The second-order valence-corrected chi connectivity index (χ2v) is 6.45. The molecule has 0 saturated carbocycles. The van der Waals surface area contributed by atoms with Gasteiger partial charge in [-0.05, 0) is 25.1 Å². The SMILES string of the molecule is CC1SCCN(C(=O)c2cc(C#CCO)ccc2F)C1C. The number of halogens is 1. The molecule has 21 heavy (non-hydrogen) atoms. The van der Waals surface area contributed by atoms with Crippen molar-refractivity contribution >= 4 is 17.7 Å². The van der Waals surface area contributed by atoms with Crippen molar-refractivity contribution in [2.24, 2.45) is 0 Å². The Morgan fingerprint density at radius 2 is 2.29 bits per heavy atom. The molecule has 1 aliphatic rings. The largest absolute Gasteiger partial charge is 0.384 e. The minimum Gasteiger partial charge on any atom is -0.384 e. The number of thioether (sulfide) groups is 1. The Bertz CT molecular complexity index is 594. The molecule has 5 heteroatoms. The zero-order valence-electron chi connectivity index (χ0n) is 12.1. The molecule has 1 aromatic carbocycles. The molecular weight excluding hydrogens is 289 g/mol. The first-order valence-electron chi connectivity index (χ1n) is 6.86. The number of nitrogens with zero attached hydrogens (tertiary/aromatic N) is 1. The molecule has 0 aliphatic carbocycles. The lowest BCUT2D eigenvalue weighted by Gasteiger charge is -2.37. The van der Waals surface area contributed by atoms with Crippen molar-refractivity contribution in [2.45, 2.75) is 25.1 Å². The number of benzene rings is 1. The van der Waals surface area contributed by atoms with Crippen LogP contribution in [0.3, 0.4) is 0 Å². The molecule has 1 N–H and O–H groups in total. The minimum absolute atomic E-state index is 0.0469. The van der Waals surface area contributed by atoms with Crippen LogP contribution in [0.5, 0.6) is 0 Å². The first kappa shape index (κ1) is 15.9. The molecule has 0 radical (unpaired) electrons. The lowest BCUT2D eigenvalue weighted by Crippen LogP contribution is -2.48. The first-order valence-corrected chi connectivity index (χ1v) is 7.91. The summed E-state index contributed by atoms with van der Waals surface area (Å²) in [5, 5.41) is 9.04. The summed E-state index contributed by atoms with van der Waals surface area (Å²) in [4.78, 5) is 14.3. The molecule has 2 rings (SSSR count). The van der Waals surface area contributed by atoms with E-state index in [0.29, 0.717) is 17.4 Å². The van der Waals surface area contributed by atoms with Crippen LogP contribution in [0.2, 0.25) is 0 Å². The lowest BCUT2D eigenvalue weighted by atomic mass is 10.1. The Balaban J connectivity index is 2.29. The molecular formula is C16H18FNO2S. The number of aliphatic hydroxyl groups excluding tert-OH is 1. The van der Waals surface area contributed by atoms with Gasteiger partial charge in [0.05, 0.1) is 5.56 Å². The van der Waals surface area contributed by atoms with Gasteiger partial charge in [-0.3, -0.25) is 4.79 Å². The maximum absolute atomic E-state index is 14.0. The summed E-state index contributed by atoms with van der Waals surface area (Å²) < 4.78 is 14.0. The Morgan fingerprint density at radius 3 is 3.00 bits per heavy atom. The van der Waals surface area contributed by atoms with Crippen molar-refractivity contribution in [1.82, 2.24) is 4.90 Å². The number of aliphatic hydroxyl groups is 1. The van der Waals surface area contributed by atoms with Crippen LogP contribution in [0.25, 0.3) is 0 Å². The quantitative estimate of drug-likeness (QED) is 0.808. The van der Waals surface area contributed by atoms with E-state index in [1.165, 1.54) is 18.2 Å². The van der Waals surface area contributed by atoms with Crippen LogP contribution in [-0.4, -0.2) is 46.1 Å². The van der Waals surface area contributed by atoms with Crippen LogP contribution < -0.4 is 0 Å². The number of amides is 1. The van der Waals surface area contributed by atoms with Crippen molar-refractivity contribution in [3.8, 4) is 11.8 Å². The third kappa shape index (κ3) is 3.58. The Morgan fingerprint density at radius 1 is 1.52 bits per heavy atom. The molecule has 112 valence electrons. The molecule has 1 fully saturated rings. The first-order chi connectivity index (χ1) is 10.0. The fourth-order valence-electron chi connectivity index (χ4n) is 2.28. The highest BCUT2D eigenvalue weighted by Crippen LogP contribution is 2.26. The normalized spacial score (nSPS) is 21.6. The van der Waals surface area contributed by atoms with Gasteiger partial charge in [0.2, 0.25) is 0 Å². The van der Waals surface area contributed by atoms with E-state index < -0.39 is 5.82 Å². The van der Waals surface area contributed by atoms with Crippen LogP contribution in [0.4, 0.5) is 4.39 Å². The van der Waals surface area contributed by atoms with Crippen LogP contribution >= 0.6 is 11.8 Å². The van der Waals surface area contributed by atoms with Gasteiger partial charge < -0.3 is 10.0 Å². The predicted molar refractivity (Wildman–Crippen MR) is 82.8 cm³/mol. The molecule has 0 aromatic heterocycles. The Hall–Kier alpha value is -1.51. The summed E-state index contributed by atoms with van der Waals surface area (Å²) in [7, 11) is 0. The Kier molecular flexibility index (Phi) is 5.27. The number of carbonyl (C=O) groups is 1. The molecule has 2 atom stereocenters. The summed E-state index contributed by atoms with van der Waals surface area (Å²) in [6.07, 6.45) is 0. The van der Waals surface area contributed by atoms with Crippen molar-refractivity contribution in [3.63, 3.8) is 0 Å². The van der Waals surface area contributed by atoms with Gasteiger partial charge in [0.25, 0.3) is 5.91 Å². The highest BCUT2D eigenvalue weighted by atomic mass is 32.2. The molecule has 2 unspecified atom stereocenters. The number of rotatable bonds is 1. The van der Waals surface area contributed by atoms with Gasteiger partial charge >= 0.3 is 0 Å². The molecule has 0 spiro atoms. The highest BCUT2D eigenvalue weighted by molar-refractivity contribution is 8.00. The molecule has 1 aliphatic heterocycles. The van der Waals surface area contributed by atoms with Crippen molar-refractivity contribution in [2.75, 3.05) is 18.9 Å². The van der Waals surface area contributed by atoms with E-state index in [9.17, 15) is 9.18 Å². The molecule has 1 aromatic rings. The molecule has 0 bridgehead atoms. The maximum Gasteiger partial charge on any atom is 0.257 e. The topological polar surface area (TPSA) is 40.5 Å². The fraction of sp³-hybridized carbons (Fsp3) is 0.438. The standard InChI is InChI=1S/C16H18FNO2S/c1-11-12(2)21-9-7-18(11)16(20)14-10-13(4-3-8-19)5-6-15(14)17/h5-6,10-12,19H,7-9H2,1-2H3. The van der Waals surface area contributed by atoms with Gasteiger partial charge in [0, 0.05) is 29.2 Å². The molecule has 1 saturated heterocycles. The van der Waals surface area contributed by atoms with Crippen molar-refractivity contribution in [3.05, 3.63) is 35.1 Å². The van der Waals surface area contributed by atoms with Crippen LogP contribution in [0.15, 0.2) is 18.2 Å². The second kappa shape index (κ2) is 6.97. The van der Waals surface area contributed by atoms with Gasteiger partial charge in [0.15, 0.2) is 0 Å². The van der Waals surface area contributed by atoms with Crippen LogP contribution in [0.1, 0.15) is 29.8 Å². The number of hydrogen-bond acceptors (Lipinski definition) is 3. The summed E-state index contributed by atoms with van der Waals surface area (Å²) in [6, 6.07) is 4.29. The third-order valence-corrected chi connectivity index (χ3v) is 4.99. The van der Waals surface area contributed by atoms with Gasteiger partial charge in [-0.1, -0.05) is 18.8 Å². The zero-order chi connectivity index (χ0) is 15.4. The van der Waals surface area contributed by atoms with E-state index in [-0.39, 0.29) is 24.1 Å². The van der Waals surface area contributed by atoms with E-state index in [1.807, 2.05) is 18.7 Å². The van der Waals surface area contributed by atoms with E-state index >= 15 is 0 Å². The second-order valence-electron chi connectivity index (χ2n) is 4.97. The van der Waals surface area contributed by atoms with Gasteiger partial charge in [0.1, 0.15) is 12.4 Å². The smallest absolute Gasteiger partial charge is 0.257 e. The average molecular weight is 307 g/mol. The van der Waals surface area contributed by atoms with Crippen LogP contribution in [-0.2, 0) is 0 Å². The molecule has 1 amide bonds. The van der Waals surface area contributed by atoms with Gasteiger partial charge in [-0.25, -0.2) is 4.39 Å². The van der Waals surface area contributed by atoms with Gasteiger partial charge in [-0.15, -0.1) is 0 Å². The summed E-state index contributed by atoms with van der Waals surface area (Å²) in [5.41, 5.74) is 0.576. The molecule has 3 nitrogen and oxygen atoms in total. The van der Waals surface area contributed by atoms with E-state index in [0.717, 1.165) is 5.75 Å². The highest BCUT2D eigenvalue weighted by Gasteiger charge is 2.30. The summed E-state index contributed by atoms with van der Waals surface area (Å²) in [5.74, 6) is 5.24. The van der Waals surface area contributed by atoms with E-state index in [1.54, 1.807) is 4.90 Å². The minimum atomic E-state index is -0.535. The fourth-order valence-corrected chi connectivity index (χ4v) is 3.38.